The molecule has 0 spiro atoms. The van der Waals surface area contributed by atoms with Crippen LogP contribution in [0.3, 0.4) is 0 Å². The molecule has 3 rings (SSSR count). The van der Waals surface area contributed by atoms with Crippen LogP contribution in [0.25, 0.3) is 5.52 Å². The zero-order valence-electron chi connectivity index (χ0n) is 11.0. The normalized spacial score (nSPS) is 11.1. The van der Waals surface area contributed by atoms with Gasteiger partial charge in [0.05, 0.1) is 23.6 Å². The molecule has 20 heavy (non-hydrogen) atoms. The second-order valence-corrected chi connectivity index (χ2v) is 4.57. The third-order valence-electron chi connectivity index (χ3n) is 3.36. The van der Waals surface area contributed by atoms with Crippen LogP contribution < -0.4 is 0 Å². The van der Waals surface area contributed by atoms with Crippen molar-refractivity contribution in [1.29, 1.82) is 0 Å². The van der Waals surface area contributed by atoms with E-state index in [0.29, 0.717) is 6.42 Å². The lowest BCUT2D eigenvalue weighted by atomic mass is 10.1. The Morgan fingerprint density at radius 2 is 2.25 bits per heavy atom. The second kappa shape index (κ2) is 4.80. The van der Waals surface area contributed by atoms with Crippen LogP contribution in [0.5, 0.6) is 0 Å². The Kier molecular flexibility index (Phi) is 2.98. The Balaban J connectivity index is 2.03. The van der Waals surface area contributed by atoms with Crippen molar-refractivity contribution in [3.05, 3.63) is 53.9 Å². The zero-order valence-corrected chi connectivity index (χ0v) is 11.0. The van der Waals surface area contributed by atoms with E-state index in [2.05, 4.69) is 21.6 Å². The highest BCUT2D eigenvalue weighted by atomic mass is 16.4. The van der Waals surface area contributed by atoms with Gasteiger partial charge in [0, 0.05) is 36.6 Å². The molecule has 0 atom stereocenters. The lowest BCUT2D eigenvalue weighted by molar-refractivity contribution is 0.0697. The molecule has 3 heterocycles. The fourth-order valence-corrected chi connectivity index (χ4v) is 2.28. The van der Waals surface area contributed by atoms with Gasteiger partial charge in [0.15, 0.2) is 0 Å². The third-order valence-corrected chi connectivity index (χ3v) is 3.36. The van der Waals surface area contributed by atoms with Crippen molar-refractivity contribution >= 4 is 11.5 Å². The van der Waals surface area contributed by atoms with Gasteiger partial charge in [-0.1, -0.05) is 0 Å². The number of aromatic nitrogens is 4. The number of nitrogens with zero attached hydrogens (tertiary/aromatic N) is 4. The summed E-state index contributed by atoms with van der Waals surface area (Å²) in [4.78, 5) is 15.2. The van der Waals surface area contributed by atoms with Crippen molar-refractivity contribution in [2.75, 3.05) is 0 Å². The predicted molar refractivity (Wildman–Crippen MR) is 72.9 cm³/mol. The number of aryl methyl sites for hydroxylation is 1. The molecule has 0 aromatic carbocycles. The van der Waals surface area contributed by atoms with Gasteiger partial charge >= 0.3 is 5.97 Å². The first-order valence-electron chi connectivity index (χ1n) is 6.37. The van der Waals surface area contributed by atoms with Crippen LogP contribution >= 0.6 is 0 Å². The summed E-state index contributed by atoms with van der Waals surface area (Å²) in [6, 6.07) is 3.19. The summed E-state index contributed by atoms with van der Waals surface area (Å²) in [6.07, 6.45) is 7.74. The van der Waals surface area contributed by atoms with Crippen LogP contribution in [0.4, 0.5) is 0 Å². The largest absolute Gasteiger partial charge is 0.478 e. The van der Waals surface area contributed by atoms with Crippen LogP contribution in [0.2, 0.25) is 0 Å². The summed E-state index contributed by atoms with van der Waals surface area (Å²) in [7, 11) is 0. The Morgan fingerprint density at radius 1 is 1.40 bits per heavy atom. The van der Waals surface area contributed by atoms with E-state index in [9.17, 15) is 4.79 Å². The number of pyridine rings is 1. The number of fused-ring (bicyclic) bond motifs is 1. The number of aromatic carboxylic acids is 1. The van der Waals surface area contributed by atoms with E-state index in [1.54, 1.807) is 35.4 Å². The lowest BCUT2D eigenvalue weighted by Crippen LogP contribution is -2.01. The molecule has 1 N–H and O–H groups in total. The van der Waals surface area contributed by atoms with Gasteiger partial charge in [-0.3, -0.25) is 0 Å². The maximum atomic E-state index is 11.1. The molecule has 0 saturated heterocycles. The molecule has 6 heteroatoms. The molecule has 6 nitrogen and oxygen atoms in total. The van der Waals surface area contributed by atoms with E-state index in [0.717, 1.165) is 23.3 Å². The second-order valence-electron chi connectivity index (χ2n) is 4.57. The minimum Gasteiger partial charge on any atom is -0.478 e. The van der Waals surface area contributed by atoms with Crippen molar-refractivity contribution in [1.82, 2.24) is 19.2 Å². The fraction of sp³-hybridized carbons (Fsp3) is 0.214. The molecular formula is C14H14N4O2. The number of hydrogen-bond acceptors (Lipinski definition) is 3. The molecule has 0 bridgehead atoms. The van der Waals surface area contributed by atoms with Gasteiger partial charge in [0.1, 0.15) is 0 Å². The molecule has 0 saturated carbocycles. The van der Waals surface area contributed by atoms with Crippen LogP contribution in [-0.4, -0.2) is 30.2 Å². The number of imidazole rings is 1. The highest BCUT2D eigenvalue weighted by Crippen LogP contribution is 2.17. The minimum absolute atomic E-state index is 0.267. The van der Waals surface area contributed by atoms with Crippen molar-refractivity contribution in [3.63, 3.8) is 0 Å². The summed E-state index contributed by atoms with van der Waals surface area (Å²) in [5.74, 6) is -0.932. The summed E-state index contributed by atoms with van der Waals surface area (Å²) in [5.41, 5.74) is 3.16. The summed E-state index contributed by atoms with van der Waals surface area (Å²) in [6.45, 7) is 2.92. The number of rotatable bonds is 4. The van der Waals surface area contributed by atoms with Crippen LogP contribution in [0.1, 0.15) is 28.5 Å². The Hall–Kier alpha value is -2.63. The Labute approximate surface area is 115 Å². The average Bonchev–Trinajstić information content (AvgIpc) is 3.05. The lowest BCUT2D eigenvalue weighted by Gasteiger charge is -2.04. The first-order chi connectivity index (χ1) is 9.69. The number of carbonyl (C=O) groups is 1. The minimum atomic E-state index is -0.932. The smallest absolute Gasteiger partial charge is 0.335 e. The van der Waals surface area contributed by atoms with Gasteiger partial charge in [0.25, 0.3) is 0 Å². The maximum absolute atomic E-state index is 11.1. The highest BCUT2D eigenvalue weighted by molar-refractivity contribution is 5.89. The molecule has 0 radical (unpaired) electrons. The topological polar surface area (TPSA) is 72.4 Å². The fourth-order valence-electron chi connectivity index (χ4n) is 2.28. The van der Waals surface area contributed by atoms with E-state index in [-0.39, 0.29) is 5.56 Å². The molecular weight excluding hydrogens is 256 g/mol. The average molecular weight is 270 g/mol. The van der Waals surface area contributed by atoms with Crippen LogP contribution in [0, 0.1) is 0 Å². The zero-order chi connectivity index (χ0) is 14.1. The summed E-state index contributed by atoms with van der Waals surface area (Å²) < 4.78 is 3.75. The molecule has 0 amide bonds. The van der Waals surface area contributed by atoms with Crippen LogP contribution in [0.15, 0.2) is 37.1 Å². The van der Waals surface area contributed by atoms with E-state index in [4.69, 9.17) is 5.11 Å². The van der Waals surface area contributed by atoms with Gasteiger partial charge in [-0.25, -0.2) is 14.3 Å². The van der Waals surface area contributed by atoms with Crippen molar-refractivity contribution < 1.29 is 9.90 Å². The molecule has 0 aliphatic carbocycles. The van der Waals surface area contributed by atoms with Gasteiger partial charge in [-0.15, -0.1) is 0 Å². The number of carboxylic acids is 1. The van der Waals surface area contributed by atoms with Gasteiger partial charge in [-0.2, -0.15) is 5.10 Å². The predicted octanol–water partition coefficient (Wildman–Crippen LogP) is 1.84. The molecule has 3 aromatic rings. The van der Waals surface area contributed by atoms with E-state index >= 15 is 0 Å². The van der Waals surface area contributed by atoms with Crippen molar-refractivity contribution in [2.45, 2.75) is 19.9 Å². The first kappa shape index (κ1) is 12.4. The van der Waals surface area contributed by atoms with Crippen LogP contribution in [-0.2, 0) is 13.0 Å². The summed E-state index contributed by atoms with van der Waals surface area (Å²) >= 11 is 0. The molecule has 0 aliphatic heterocycles. The van der Waals surface area contributed by atoms with Gasteiger partial charge < -0.3 is 9.67 Å². The van der Waals surface area contributed by atoms with Crippen molar-refractivity contribution in [3.8, 4) is 0 Å². The molecule has 0 aliphatic rings. The summed E-state index contributed by atoms with van der Waals surface area (Å²) in [5, 5.41) is 13.3. The SMILES string of the molecule is CCn1cncc1Cc1cnn2ccc(C(=O)O)cc12. The van der Waals surface area contributed by atoms with E-state index in [1.165, 1.54) is 0 Å². The Bertz CT molecular complexity index is 772. The standard InChI is InChI=1S/C14H14N4O2/c1-2-17-9-15-8-12(17)5-11-7-16-18-4-3-10(14(19)20)6-13(11)18/h3-4,6-9H,2,5H2,1H3,(H,19,20). The third kappa shape index (κ3) is 2.05. The van der Waals surface area contributed by atoms with Gasteiger partial charge in [0.2, 0.25) is 0 Å². The molecule has 102 valence electrons. The van der Waals surface area contributed by atoms with Crippen molar-refractivity contribution in [2.24, 2.45) is 0 Å². The number of carboxylic acid groups (broad SMARTS) is 1. The Morgan fingerprint density at radius 3 is 3.00 bits per heavy atom. The quantitative estimate of drug-likeness (QED) is 0.785. The number of hydrogen-bond donors (Lipinski definition) is 1. The first-order valence-corrected chi connectivity index (χ1v) is 6.37. The molecule has 3 aromatic heterocycles. The van der Waals surface area contributed by atoms with Gasteiger partial charge in [-0.05, 0) is 19.1 Å². The molecule has 0 fully saturated rings. The monoisotopic (exact) mass is 270 g/mol. The maximum Gasteiger partial charge on any atom is 0.335 e. The van der Waals surface area contributed by atoms with E-state index in [1.807, 2.05) is 6.20 Å². The van der Waals surface area contributed by atoms with E-state index < -0.39 is 5.97 Å². The molecule has 0 unspecified atom stereocenters. The highest BCUT2D eigenvalue weighted by Gasteiger charge is 2.10.